The van der Waals surface area contributed by atoms with Crippen LogP contribution in [0.5, 0.6) is 0 Å². The fraction of sp³-hybridized carbons (Fsp3) is 0.167. The SMILES string of the molecule is CCC(=O)Nc1cc(NC(=S)NC(=O)c2cc([N+](=O)[O-])cc([N+](=O)[O-])c2)ccc1C. The van der Waals surface area contributed by atoms with Gasteiger partial charge < -0.3 is 10.6 Å². The Kier molecular flexibility index (Phi) is 7.09. The first kappa shape index (κ1) is 22.4. The van der Waals surface area contributed by atoms with Crippen LogP contribution < -0.4 is 16.0 Å². The fourth-order valence-electron chi connectivity index (χ4n) is 2.35. The molecule has 0 saturated heterocycles. The van der Waals surface area contributed by atoms with E-state index >= 15 is 0 Å². The maximum absolute atomic E-state index is 12.4. The molecule has 0 aromatic heterocycles. The Hall–Kier alpha value is -3.93. The number of nitro groups is 2. The van der Waals surface area contributed by atoms with Gasteiger partial charge in [0.1, 0.15) is 0 Å². The van der Waals surface area contributed by atoms with Crippen molar-refractivity contribution in [3.05, 3.63) is 67.8 Å². The number of rotatable bonds is 6. The summed E-state index contributed by atoms with van der Waals surface area (Å²) >= 11 is 5.07. The lowest BCUT2D eigenvalue weighted by atomic mass is 10.1. The minimum absolute atomic E-state index is 0.134. The van der Waals surface area contributed by atoms with Gasteiger partial charge in [-0.1, -0.05) is 13.0 Å². The third-order valence-corrected chi connectivity index (χ3v) is 4.11. The fourth-order valence-corrected chi connectivity index (χ4v) is 2.56. The number of thiocarbonyl (C=S) groups is 1. The Labute approximate surface area is 175 Å². The monoisotopic (exact) mass is 431 g/mol. The Morgan fingerprint density at radius 3 is 2.13 bits per heavy atom. The van der Waals surface area contributed by atoms with E-state index in [1.54, 1.807) is 25.1 Å². The molecule has 0 fully saturated rings. The molecule has 0 saturated carbocycles. The highest BCUT2D eigenvalue weighted by atomic mass is 32.1. The number of hydrogen-bond acceptors (Lipinski definition) is 7. The van der Waals surface area contributed by atoms with Gasteiger partial charge in [0.15, 0.2) is 5.11 Å². The molecule has 156 valence electrons. The normalized spacial score (nSPS) is 10.1. The van der Waals surface area contributed by atoms with Crippen LogP contribution in [0.1, 0.15) is 29.3 Å². The number of hydrogen-bond donors (Lipinski definition) is 3. The van der Waals surface area contributed by atoms with Crippen molar-refractivity contribution in [1.29, 1.82) is 0 Å². The first-order valence-electron chi connectivity index (χ1n) is 8.57. The second-order valence-corrected chi connectivity index (χ2v) is 6.50. The molecule has 0 heterocycles. The van der Waals surface area contributed by atoms with Gasteiger partial charge in [-0.2, -0.15) is 0 Å². The molecule has 2 rings (SSSR count). The highest BCUT2D eigenvalue weighted by molar-refractivity contribution is 7.80. The van der Waals surface area contributed by atoms with E-state index in [2.05, 4.69) is 16.0 Å². The van der Waals surface area contributed by atoms with Crippen molar-refractivity contribution >= 4 is 51.9 Å². The highest BCUT2D eigenvalue weighted by Crippen LogP contribution is 2.23. The van der Waals surface area contributed by atoms with Gasteiger partial charge >= 0.3 is 0 Å². The molecule has 0 radical (unpaired) electrons. The van der Waals surface area contributed by atoms with E-state index < -0.39 is 27.1 Å². The zero-order valence-corrected chi connectivity index (χ0v) is 16.7. The number of carbonyl (C=O) groups is 2. The summed E-state index contributed by atoms with van der Waals surface area (Å²) in [5.74, 6) is -1.02. The molecule has 2 aromatic carbocycles. The number of anilines is 2. The minimum atomic E-state index is -0.856. The summed E-state index contributed by atoms with van der Waals surface area (Å²) in [6, 6.07) is 7.62. The molecular formula is C18H17N5O6S. The van der Waals surface area contributed by atoms with E-state index in [0.717, 1.165) is 23.8 Å². The summed E-state index contributed by atoms with van der Waals surface area (Å²) in [6.45, 7) is 3.53. The first-order valence-corrected chi connectivity index (χ1v) is 8.98. The quantitative estimate of drug-likeness (QED) is 0.357. The van der Waals surface area contributed by atoms with Crippen molar-refractivity contribution in [2.45, 2.75) is 20.3 Å². The number of aryl methyl sites for hydroxylation is 1. The molecule has 2 aromatic rings. The Bertz CT molecular complexity index is 1020. The van der Waals surface area contributed by atoms with E-state index in [0.29, 0.717) is 17.8 Å². The third-order valence-electron chi connectivity index (χ3n) is 3.90. The van der Waals surface area contributed by atoms with E-state index in [4.69, 9.17) is 12.2 Å². The van der Waals surface area contributed by atoms with Gasteiger partial charge in [0.25, 0.3) is 17.3 Å². The van der Waals surface area contributed by atoms with Gasteiger partial charge in [0.2, 0.25) is 5.91 Å². The van der Waals surface area contributed by atoms with Crippen LogP contribution in [0.4, 0.5) is 22.7 Å². The van der Waals surface area contributed by atoms with Gasteiger partial charge in [-0.25, -0.2) is 0 Å². The molecule has 2 amide bonds. The van der Waals surface area contributed by atoms with E-state index in [1.807, 2.05) is 6.92 Å². The zero-order valence-electron chi connectivity index (χ0n) is 15.9. The van der Waals surface area contributed by atoms with Gasteiger partial charge in [-0.05, 0) is 36.8 Å². The van der Waals surface area contributed by atoms with E-state index in [9.17, 15) is 29.8 Å². The van der Waals surface area contributed by atoms with Crippen molar-refractivity contribution < 1.29 is 19.4 Å². The molecule has 11 nitrogen and oxygen atoms in total. The largest absolute Gasteiger partial charge is 0.332 e. The zero-order chi connectivity index (χ0) is 22.4. The van der Waals surface area contributed by atoms with Gasteiger partial charge in [-0.3, -0.25) is 35.1 Å². The number of nitrogens with one attached hydrogen (secondary N) is 3. The smallest absolute Gasteiger partial charge is 0.277 e. The van der Waals surface area contributed by atoms with Crippen molar-refractivity contribution in [3.8, 4) is 0 Å². The second kappa shape index (κ2) is 9.52. The van der Waals surface area contributed by atoms with Gasteiger partial charge in [-0.15, -0.1) is 0 Å². The van der Waals surface area contributed by atoms with Crippen LogP contribution in [0.15, 0.2) is 36.4 Å². The second-order valence-electron chi connectivity index (χ2n) is 6.09. The van der Waals surface area contributed by atoms with Crippen LogP contribution in [-0.2, 0) is 4.79 Å². The van der Waals surface area contributed by atoms with Crippen molar-refractivity contribution in [2.75, 3.05) is 10.6 Å². The highest BCUT2D eigenvalue weighted by Gasteiger charge is 2.20. The summed E-state index contributed by atoms with van der Waals surface area (Å²) in [4.78, 5) is 44.2. The van der Waals surface area contributed by atoms with Crippen molar-refractivity contribution in [1.82, 2.24) is 5.32 Å². The molecule has 0 aliphatic heterocycles. The Morgan fingerprint density at radius 2 is 1.60 bits per heavy atom. The maximum atomic E-state index is 12.4. The average molecular weight is 431 g/mol. The number of nitrogens with zero attached hydrogens (tertiary/aromatic N) is 2. The standard InChI is InChI=1S/C18H17N5O6S/c1-3-16(24)20-15-8-12(5-4-10(15)2)19-18(30)21-17(25)11-6-13(22(26)27)9-14(7-11)23(28)29/h4-9H,3H2,1-2H3,(H,20,24)(H2,19,21,25,30). The predicted molar refractivity (Wildman–Crippen MR) is 114 cm³/mol. The number of nitro benzene ring substituents is 2. The van der Waals surface area contributed by atoms with Gasteiger partial charge in [0, 0.05) is 29.9 Å². The lowest BCUT2D eigenvalue weighted by Crippen LogP contribution is -2.34. The summed E-state index contributed by atoms with van der Waals surface area (Å²) in [5, 5.41) is 29.6. The predicted octanol–water partition coefficient (Wildman–Crippen LogP) is 3.29. The van der Waals surface area contributed by atoms with E-state index in [-0.39, 0.29) is 16.6 Å². The molecule has 3 N–H and O–H groups in total. The third kappa shape index (κ3) is 5.78. The number of amides is 2. The van der Waals surface area contributed by atoms with Crippen LogP contribution in [0.2, 0.25) is 0 Å². The molecule has 0 atom stereocenters. The Balaban J connectivity index is 2.16. The molecule has 12 heteroatoms. The van der Waals surface area contributed by atoms with E-state index in [1.165, 1.54) is 0 Å². The first-order chi connectivity index (χ1) is 14.1. The summed E-state index contributed by atoms with van der Waals surface area (Å²) in [6.07, 6.45) is 0.306. The van der Waals surface area contributed by atoms with Crippen LogP contribution in [0.3, 0.4) is 0 Å². The summed E-state index contributed by atoms with van der Waals surface area (Å²) < 4.78 is 0. The minimum Gasteiger partial charge on any atom is -0.332 e. The van der Waals surface area contributed by atoms with Gasteiger partial charge in [0.05, 0.1) is 21.5 Å². The summed E-state index contributed by atoms with van der Waals surface area (Å²) in [5.41, 5.74) is 0.379. The molecule has 0 spiro atoms. The maximum Gasteiger partial charge on any atom is 0.277 e. The van der Waals surface area contributed by atoms with Crippen LogP contribution in [0, 0.1) is 27.2 Å². The number of benzene rings is 2. The van der Waals surface area contributed by atoms with Crippen LogP contribution in [0.25, 0.3) is 0 Å². The van der Waals surface area contributed by atoms with Crippen LogP contribution in [-0.4, -0.2) is 26.8 Å². The molecule has 0 bridgehead atoms. The molecule has 0 unspecified atom stereocenters. The molecular weight excluding hydrogens is 414 g/mol. The number of carbonyl (C=O) groups excluding carboxylic acids is 2. The number of non-ortho nitro benzene ring substituents is 2. The van der Waals surface area contributed by atoms with Crippen LogP contribution >= 0.6 is 12.2 Å². The average Bonchev–Trinajstić information content (AvgIpc) is 2.69. The topological polar surface area (TPSA) is 157 Å². The lowest BCUT2D eigenvalue weighted by molar-refractivity contribution is -0.394. The molecule has 0 aliphatic rings. The lowest BCUT2D eigenvalue weighted by Gasteiger charge is -2.13. The van der Waals surface area contributed by atoms with Crippen molar-refractivity contribution in [2.24, 2.45) is 0 Å². The van der Waals surface area contributed by atoms with Crippen molar-refractivity contribution in [3.63, 3.8) is 0 Å². The molecule has 0 aliphatic carbocycles. The molecule has 30 heavy (non-hydrogen) atoms. The Morgan fingerprint density at radius 1 is 1.00 bits per heavy atom. The summed E-state index contributed by atoms with van der Waals surface area (Å²) in [7, 11) is 0.